The number of allylic oxidation sites excluding steroid dienone is 1. The van der Waals surface area contributed by atoms with Gasteiger partial charge in [-0.2, -0.15) is 0 Å². The molecule has 0 spiro atoms. The molecular weight excluding hydrogens is 272 g/mol. The maximum Gasteiger partial charge on any atom is 0.255 e. The van der Waals surface area contributed by atoms with E-state index in [9.17, 15) is 14.4 Å². The topological polar surface area (TPSA) is 84.5 Å². The zero-order valence-corrected chi connectivity index (χ0v) is 11.7. The molecule has 2 aliphatic heterocycles. The van der Waals surface area contributed by atoms with Gasteiger partial charge in [0.2, 0.25) is 11.8 Å². The van der Waals surface area contributed by atoms with E-state index in [1.807, 2.05) is 6.08 Å². The molecule has 2 fully saturated rings. The highest BCUT2D eigenvalue weighted by molar-refractivity contribution is 6.04. The quantitative estimate of drug-likeness (QED) is 0.743. The normalized spacial score (nSPS) is 26.0. The van der Waals surface area contributed by atoms with E-state index >= 15 is 0 Å². The van der Waals surface area contributed by atoms with Gasteiger partial charge in [0.05, 0.1) is 12.2 Å². The molecule has 3 rings (SSSR count). The van der Waals surface area contributed by atoms with Gasteiger partial charge < -0.3 is 10.1 Å². The minimum Gasteiger partial charge on any atom is -0.496 e. The van der Waals surface area contributed by atoms with Crippen LogP contribution in [0.5, 0.6) is 0 Å². The van der Waals surface area contributed by atoms with Crippen LogP contribution in [0, 0.1) is 5.92 Å². The van der Waals surface area contributed by atoms with Crippen molar-refractivity contribution < 1.29 is 19.1 Å². The molecule has 3 aliphatic rings. The van der Waals surface area contributed by atoms with Crippen LogP contribution in [0.25, 0.3) is 0 Å². The Morgan fingerprint density at radius 3 is 2.81 bits per heavy atom. The van der Waals surface area contributed by atoms with Crippen molar-refractivity contribution >= 4 is 17.7 Å². The lowest BCUT2D eigenvalue weighted by Crippen LogP contribution is -2.52. The summed E-state index contributed by atoms with van der Waals surface area (Å²) in [7, 11) is 0. The van der Waals surface area contributed by atoms with Crippen LogP contribution in [0.15, 0.2) is 23.5 Å². The Bertz CT molecular complexity index is 546. The predicted molar refractivity (Wildman–Crippen MR) is 73.8 cm³/mol. The van der Waals surface area contributed by atoms with E-state index in [-0.39, 0.29) is 18.2 Å². The molecule has 0 aromatic carbocycles. The third-order valence-electron chi connectivity index (χ3n) is 3.83. The summed E-state index contributed by atoms with van der Waals surface area (Å²) in [6.07, 6.45) is 7.13. The zero-order chi connectivity index (χ0) is 14.8. The molecule has 1 atom stereocenters. The minimum atomic E-state index is -0.653. The molecule has 2 N–H and O–H groups in total. The molecular formula is C15H18N2O4. The first kappa shape index (κ1) is 13.9. The maximum atomic E-state index is 12.4. The molecule has 3 amide bonds. The number of hydrogen-bond acceptors (Lipinski definition) is 4. The van der Waals surface area contributed by atoms with E-state index in [4.69, 9.17) is 4.74 Å². The van der Waals surface area contributed by atoms with Gasteiger partial charge in [-0.05, 0) is 31.8 Å². The van der Waals surface area contributed by atoms with Gasteiger partial charge in [-0.25, -0.2) is 0 Å². The fourth-order valence-corrected chi connectivity index (χ4v) is 2.54. The average Bonchev–Trinajstić information content (AvgIpc) is 3.26. The number of carbonyl (C=O) groups is 3. The maximum absolute atomic E-state index is 12.4. The summed E-state index contributed by atoms with van der Waals surface area (Å²) in [5, 5.41) is 4.95. The number of amides is 3. The monoisotopic (exact) mass is 290 g/mol. The van der Waals surface area contributed by atoms with Gasteiger partial charge in [0.25, 0.3) is 5.91 Å². The van der Waals surface area contributed by atoms with Crippen molar-refractivity contribution in [3.8, 4) is 0 Å². The van der Waals surface area contributed by atoms with E-state index in [2.05, 4.69) is 10.6 Å². The fraction of sp³-hybridized carbons (Fsp3) is 0.533. The number of nitrogens with one attached hydrogen (secondary N) is 2. The minimum absolute atomic E-state index is 0.248. The van der Waals surface area contributed by atoms with Gasteiger partial charge in [-0.1, -0.05) is 6.08 Å². The van der Waals surface area contributed by atoms with Crippen LogP contribution in [0.1, 0.15) is 32.1 Å². The van der Waals surface area contributed by atoms with Crippen molar-refractivity contribution in [3.63, 3.8) is 0 Å². The molecule has 0 aromatic rings. The van der Waals surface area contributed by atoms with Crippen LogP contribution in [0.3, 0.4) is 0 Å². The van der Waals surface area contributed by atoms with Crippen molar-refractivity contribution in [3.05, 3.63) is 23.5 Å². The Morgan fingerprint density at radius 2 is 2.10 bits per heavy atom. The molecule has 0 bridgehead atoms. The highest BCUT2D eigenvalue weighted by Crippen LogP contribution is 2.39. The van der Waals surface area contributed by atoms with E-state index in [1.165, 1.54) is 0 Å². The van der Waals surface area contributed by atoms with E-state index < -0.39 is 11.9 Å². The summed E-state index contributed by atoms with van der Waals surface area (Å²) in [6, 6.07) is -0.653. The lowest BCUT2D eigenvalue weighted by atomic mass is 10.0. The van der Waals surface area contributed by atoms with Gasteiger partial charge in [-0.15, -0.1) is 0 Å². The highest BCUT2D eigenvalue weighted by Gasteiger charge is 2.34. The second kappa shape index (κ2) is 5.71. The standard InChI is InChI=1S/C15H18N2O4/c18-12-7-6-11(15(20)17-12)16-14(19)10-3-1-2-8-21-13(10)9-4-5-9/h1,3,9,11H,2,4-8H2,(H,16,19)(H,17,18,20). The molecule has 1 unspecified atom stereocenters. The molecule has 21 heavy (non-hydrogen) atoms. The molecule has 2 heterocycles. The number of rotatable bonds is 3. The number of hydrogen-bond donors (Lipinski definition) is 2. The van der Waals surface area contributed by atoms with Crippen molar-refractivity contribution in [1.82, 2.24) is 10.6 Å². The number of piperidine rings is 1. The van der Waals surface area contributed by atoms with Crippen molar-refractivity contribution in [2.75, 3.05) is 6.61 Å². The second-order valence-electron chi connectivity index (χ2n) is 5.57. The summed E-state index contributed by atoms with van der Waals surface area (Å²) in [5.74, 6) is 0.0427. The largest absolute Gasteiger partial charge is 0.496 e. The van der Waals surface area contributed by atoms with Gasteiger partial charge in [0.15, 0.2) is 0 Å². The summed E-state index contributed by atoms with van der Waals surface area (Å²) in [4.78, 5) is 35.2. The first-order chi connectivity index (χ1) is 10.1. The fourth-order valence-electron chi connectivity index (χ4n) is 2.54. The van der Waals surface area contributed by atoms with Crippen molar-refractivity contribution in [1.29, 1.82) is 0 Å². The van der Waals surface area contributed by atoms with Crippen LogP contribution < -0.4 is 10.6 Å². The number of carbonyl (C=O) groups excluding carboxylic acids is 3. The van der Waals surface area contributed by atoms with Crippen LogP contribution >= 0.6 is 0 Å². The smallest absolute Gasteiger partial charge is 0.255 e. The molecule has 0 radical (unpaired) electrons. The predicted octanol–water partition coefficient (Wildman–Crippen LogP) is 0.548. The summed E-state index contributed by atoms with van der Waals surface area (Å²) in [5.41, 5.74) is 0.514. The van der Waals surface area contributed by atoms with Gasteiger partial charge in [0.1, 0.15) is 11.8 Å². The Kier molecular flexibility index (Phi) is 3.77. The third-order valence-corrected chi connectivity index (χ3v) is 3.83. The second-order valence-corrected chi connectivity index (χ2v) is 5.57. The third kappa shape index (κ3) is 3.15. The van der Waals surface area contributed by atoms with E-state index in [1.54, 1.807) is 6.08 Å². The van der Waals surface area contributed by atoms with E-state index in [0.717, 1.165) is 25.0 Å². The lowest BCUT2D eigenvalue weighted by Gasteiger charge is -2.22. The molecule has 112 valence electrons. The average molecular weight is 290 g/mol. The van der Waals surface area contributed by atoms with Gasteiger partial charge in [0, 0.05) is 12.3 Å². The van der Waals surface area contributed by atoms with Gasteiger partial charge >= 0.3 is 0 Å². The van der Waals surface area contributed by atoms with Gasteiger partial charge in [-0.3, -0.25) is 19.7 Å². The van der Waals surface area contributed by atoms with Crippen LogP contribution in [-0.2, 0) is 19.1 Å². The summed E-state index contributed by atoms with van der Waals surface area (Å²) in [6.45, 7) is 0.581. The lowest BCUT2D eigenvalue weighted by molar-refractivity contribution is -0.136. The van der Waals surface area contributed by atoms with Crippen LogP contribution in [0.4, 0.5) is 0 Å². The van der Waals surface area contributed by atoms with Crippen molar-refractivity contribution in [2.24, 2.45) is 5.92 Å². The zero-order valence-electron chi connectivity index (χ0n) is 11.7. The molecule has 1 saturated carbocycles. The van der Waals surface area contributed by atoms with Crippen LogP contribution in [0.2, 0.25) is 0 Å². The highest BCUT2D eigenvalue weighted by atomic mass is 16.5. The first-order valence-corrected chi connectivity index (χ1v) is 7.33. The van der Waals surface area contributed by atoms with E-state index in [0.29, 0.717) is 24.5 Å². The number of ether oxygens (including phenoxy) is 1. The molecule has 6 nitrogen and oxygen atoms in total. The number of imide groups is 1. The molecule has 0 aromatic heterocycles. The Hall–Kier alpha value is -2.11. The first-order valence-electron chi connectivity index (χ1n) is 7.33. The summed E-state index contributed by atoms with van der Waals surface area (Å²) < 4.78 is 5.70. The Morgan fingerprint density at radius 1 is 1.29 bits per heavy atom. The SMILES string of the molecule is O=C1CCC(NC(=O)C2=C(C3CC3)OCCC=C2)C(=O)N1. The molecule has 6 heteroatoms. The van der Waals surface area contributed by atoms with Crippen molar-refractivity contribution in [2.45, 2.75) is 38.1 Å². The Balaban J connectivity index is 1.73. The van der Waals surface area contributed by atoms with Crippen LogP contribution in [-0.4, -0.2) is 30.4 Å². The summed E-state index contributed by atoms with van der Waals surface area (Å²) >= 11 is 0. The molecule has 1 aliphatic carbocycles. The molecule has 1 saturated heterocycles. The Labute approximate surface area is 122 Å².